The molecule has 1 unspecified atom stereocenters. The average molecular weight is 278 g/mol. The Labute approximate surface area is 119 Å². The molecule has 0 spiro atoms. The highest BCUT2D eigenvalue weighted by molar-refractivity contribution is 5.94. The molecule has 1 aliphatic heterocycles. The highest BCUT2D eigenvalue weighted by Gasteiger charge is 2.30. The molecule has 2 rings (SSSR count). The summed E-state index contributed by atoms with van der Waals surface area (Å²) in [6, 6.07) is 1.66. The van der Waals surface area contributed by atoms with E-state index in [4.69, 9.17) is 4.42 Å². The molecule has 1 fully saturated rings. The van der Waals surface area contributed by atoms with Gasteiger partial charge in [-0.3, -0.25) is 9.59 Å². The number of furan rings is 1. The number of amides is 2. The van der Waals surface area contributed by atoms with Gasteiger partial charge in [0.05, 0.1) is 17.7 Å². The zero-order valence-electron chi connectivity index (χ0n) is 12.2. The molecule has 0 bridgehead atoms. The number of hydrogen-bond acceptors (Lipinski definition) is 3. The predicted molar refractivity (Wildman–Crippen MR) is 75.3 cm³/mol. The summed E-state index contributed by atoms with van der Waals surface area (Å²) < 4.78 is 4.95. The largest absolute Gasteiger partial charge is 0.472 e. The van der Waals surface area contributed by atoms with E-state index in [1.165, 1.54) is 12.5 Å². The first-order valence-corrected chi connectivity index (χ1v) is 7.27. The van der Waals surface area contributed by atoms with Crippen LogP contribution in [0.15, 0.2) is 23.0 Å². The molecular weight excluding hydrogens is 256 g/mol. The smallest absolute Gasteiger partial charge is 0.257 e. The molecule has 2 heterocycles. The fourth-order valence-corrected chi connectivity index (χ4v) is 2.73. The lowest BCUT2D eigenvalue weighted by molar-refractivity contribution is -0.136. The van der Waals surface area contributed by atoms with Crippen LogP contribution < -0.4 is 0 Å². The van der Waals surface area contributed by atoms with E-state index in [-0.39, 0.29) is 17.7 Å². The second kappa shape index (κ2) is 6.59. The summed E-state index contributed by atoms with van der Waals surface area (Å²) >= 11 is 0. The van der Waals surface area contributed by atoms with Crippen molar-refractivity contribution in [1.29, 1.82) is 0 Å². The van der Waals surface area contributed by atoms with Gasteiger partial charge in [-0.2, -0.15) is 0 Å². The molecule has 1 aromatic heterocycles. The van der Waals surface area contributed by atoms with Crippen molar-refractivity contribution in [3.8, 4) is 0 Å². The summed E-state index contributed by atoms with van der Waals surface area (Å²) in [7, 11) is 0. The van der Waals surface area contributed by atoms with Crippen LogP contribution in [0.4, 0.5) is 0 Å². The van der Waals surface area contributed by atoms with Crippen molar-refractivity contribution in [2.75, 3.05) is 26.2 Å². The van der Waals surface area contributed by atoms with Crippen LogP contribution >= 0.6 is 0 Å². The molecule has 110 valence electrons. The first-order valence-electron chi connectivity index (χ1n) is 7.27. The van der Waals surface area contributed by atoms with E-state index in [0.717, 1.165) is 25.9 Å². The molecule has 1 atom stereocenters. The van der Waals surface area contributed by atoms with Crippen molar-refractivity contribution in [2.45, 2.75) is 26.7 Å². The van der Waals surface area contributed by atoms with E-state index < -0.39 is 0 Å². The summed E-state index contributed by atoms with van der Waals surface area (Å²) in [5.74, 6) is 0.0509. The fraction of sp³-hybridized carbons (Fsp3) is 0.600. The van der Waals surface area contributed by atoms with Crippen LogP contribution in [0.3, 0.4) is 0 Å². The fourth-order valence-electron chi connectivity index (χ4n) is 2.73. The van der Waals surface area contributed by atoms with Gasteiger partial charge < -0.3 is 14.2 Å². The van der Waals surface area contributed by atoms with Gasteiger partial charge in [-0.25, -0.2) is 0 Å². The summed E-state index contributed by atoms with van der Waals surface area (Å²) in [6.45, 7) is 6.64. The van der Waals surface area contributed by atoms with Gasteiger partial charge in [0.25, 0.3) is 5.91 Å². The Morgan fingerprint density at radius 1 is 1.40 bits per heavy atom. The Bertz CT molecular complexity index is 452. The molecule has 0 aromatic carbocycles. The maximum absolute atomic E-state index is 12.4. The molecular formula is C15H22N2O3. The summed E-state index contributed by atoms with van der Waals surface area (Å²) in [5.41, 5.74) is 0.556. The Morgan fingerprint density at radius 3 is 2.75 bits per heavy atom. The number of carbonyl (C=O) groups excluding carboxylic acids is 2. The first kappa shape index (κ1) is 14.6. The van der Waals surface area contributed by atoms with E-state index in [2.05, 4.69) is 0 Å². The number of likely N-dealkylation sites (tertiary alicyclic amines) is 1. The Kier molecular flexibility index (Phi) is 4.82. The summed E-state index contributed by atoms with van der Waals surface area (Å²) in [5, 5.41) is 0. The van der Waals surface area contributed by atoms with Crippen molar-refractivity contribution in [3.05, 3.63) is 24.2 Å². The Hall–Kier alpha value is -1.78. The molecule has 5 heteroatoms. The van der Waals surface area contributed by atoms with Gasteiger partial charge in [-0.15, -0.1) is 0 Å². The highest BCUT2D eigenvalue weighted by Crippen LogP contribution is 2.20. The van der Waals surface area contributed by atoms with Gasteiger partial charge in [0.2, 0.25) is 5.91 Å². The second-order valence-corrected chi connectivity index (χ2v) is 5.11. The summed E-state index contributed by atoms with van der Waals surface area (Å²) in [6.07, 6.45) is 4.69. The van der Waals surface area contributed by atoms with Gasteiger partial charge in [0.15, 0.2) is 0 Å². The molecule has 0 radical (unpaired) electrons. The number of carbonyl (C=O) groups is 2. The second-order valence-electron chi connectivity index (χ2n) is 5.11. The molecule has 0 aliphatic carbocycles. The van der Waals surface area contributed by atoms with Crippen LogP contribution in [0.25, 0.3) is 0 Å². The lowest BCUT2D eigenvalue weighted by Gasteiger charge is -2.34. The van der Waals surface area contributed by atoms with Gasteiger partial charge >= 0.3 is 0 Å². The highest BCUT2D eigenvalue weighted by atomic mass is 16.3. The number of piperidine rings is 1. The van der Waals surface area contributed by atoms with Gasteiger partial charge in [0.1, 0.15) is 6.26 Å². The van der Waals surface area contributed by atoms with Gasteiger partial charge in [-0.1, -0.05) is 0 Å². The van der Waals surface area contributed by atoms with Crippen LogP contribution in [0, 0.1) is 5.92 Å². The molecule has 20 heavy (non-hydrogen) atoms. The van der Waals surface area contributed by atoms with E-state index in [1.807, 2.05) is 18.7 Å². The standard InChI is InChI=1S/C15H22N2O3/c1-3-16(4-2)14(18)12-6-5-8-17(10-12)15(19)13-7-9-20-11-13/h7,9,11-12H,3-6,8,10H2,1-2H3. The molecule has 1 aliphatic rings. The normalized spacial score (nSPS) is 18.9. The molecule has 1 aromatic rings. The van der Waals surface area contributed by atoms with E-state index in [1.54, 1.807) is 11.0 Å². The van der Waals surface area contributed by atoms with Crippen LogP contribution in [0.5, 0.6) is 0 Å². The number of hydrogen-bond donors (Lipinski definition) is 0. The number of nitrogens with zero attached hydrogens (tertiary/aromatic N) is 2. The quantitative estimate of drug-likeness (QED) is 0.846. The van der Waals surface area contributed by atoms with Crippen LogP contribution in [-0.4, -0.2) is 47.8 Å². The van der Waals surface area contributed by atoms with E-state index in [9.17, 15) is 9.59 Å². The maximum atomic E-state index is 12.4. The SMILES string of the molecule is CCN(CC)C(=O)C1CCCN(C(=O)c2ccoc2)C1. The van der Waals surface area contributed by atoms with Gasteiger partial charge in [-0.05, 0) is 32.8 Å². The maximum Gasteiger partial charge on any atom is 0.257 e. The minimum atomic E-state index is -0.0699. The zero-order chi connectivity index (χ0) is 14.5. The van der Waals surface area contributed by atoms with Gasteiger partial charge in [0, 0.05) is 26.2 Å². The van der Waals surface area contributed by atoms with Crippen molar-refractivity contribution in [2.24, 2.45) is 5.92 Å². The monoisotopic (exact) mass is 278 g/mol. The van der Waals surface area contributed by atoms with E-state index in [0.29, 0.717) is 18.7 Å². The van der Waals surface area contributed by atoms with Crippen molar-refractivity contribution in [3.63, 3.8) is 0 Å². The third-order valence-corrected chi connectivity index (χ3v) is 3.90. The minimum absolute atomic E-state index is 0.0456. The van der Waals surface area contributed by atoms with Crippen LogP contribution in [0.1, 0.15) is 37.0 Å². The van der Waals surface area contributed by atoms with Crippen molar-refractivity contribution in [1.82, 2.24) is 9.80 Å². The molecule has 2 amide bonds. The predicted octanol–water partition coefficient (Wildman–Crippen LogP) is 2.00. The lowest BCUT2D eigenvalue weighted by atomic mass is 9.96. The topological polar surface area (TPSA) is 53.8 Å². The Morgan fingerprint density at radius 2 is 2.15 bits per heavy atom. The number of rotatable bonds is 4. The lowest BCUT2D eigenvalue weighted by Crippen LogP contribution is -2.46. The summed E-state index contributed by atoms with van der Waals surface area (Å²) in [4.78, 5) is 28.3. The van der Waals surface area contributed by atoms with Crippen molar-refractivity contribution >= 4 is 11.8 Å². The zero-order valence-corrected chi connectivity index (χ0v) is 12.2. The van der Waals surface area contributed by atoms with E-state index >= 15 is 0 Å². The molecule has 0 saturated carbocycles. The average Bonchev–Trinajstić information content (AvgIpc) is 3.02. The first-order chi connectivity index (χ1) is 9.67. The third-order valence-electron chi connectivity index (χ3n) is 3.90. The van der Waals surface area contributed by atoms with Crippen molar-refractivity contribution < 1.29 is 14.0 Å². The molecule has 0 N–H and O–H groups in total. The molecule has 1 saturated heterocycles. The van der Waals surface area contributed by atoms with Crippen LogP contribution in [0.2, 0.25) is 0 Å². The molecule has 5 nitrogen and oxygen atoms in total. The van der Waals surface area contributed by atoms with Crippen LogP contribution in [-0.2, 0) is 4.79 Å². The Balaban J connectivity index is 2.01. The minimum Gasteiger partial charge on any atom is -0.472 e. The third kappa shape index (κ3) is 3.03.